The van der Waals surface area contributed by atoms with Gasteiger partial charge in [-0.15, -0.1) is 10.2 Å². The van der Waals surface area contributed by atoms with Gasteiger partial charge in [-0.2, -0.15) is 0 Å². The van der Waals surface area contributed by atoms with E-state index in [2.05, 4.69) is 22.3 Å². The van der Waals surface area contributed by atoms with E-state index in [1.165, 1.54) is 40.6 Å². The van der Waals surface area contributed by atoms with Crippen LogP contribution in [0.5, 0.6) is 0 Å². The molecule has 19 heavy (non-hydrogen) atoms. The standard InChI is InChI=1S/C14H14N2OS2/c1-9(19-14-16-15-8-18-14)13(17)12-6-5-10-3-2-4-11(10)7-12/h5-9H,2-4H2,1H3. The minimum absolute atomic E-state index is 0.118. The summed E-state index contributed by atoms with van der Waals surface area (Å²) in [4.78, 5) is 12.4. The third kappa shape index (κ3) is 2.72. The molecule has 0 N–H and O–H groups in total. The summed E-state index contributed by atoms with van der Waals surface area (Å²) in [6.07, 6.45) is 3.47. The number of Topliss-reactive ketones (excluding diaryl/α,β-unsaturated/α-hetero) is 1. The first-order valence-electron chi connectivity index (χ1n) is 6.33. The van der Waals surface area contributed by atoms with Gasteiger partial charge in [-0.25, -0.2) is 0 Å². The Labute approximate surface area is 120 Å². The lowest BCUT2D eigenvalue weighted by Crippen LogP contribution is -2.13. The molecule has 0 spiro atoms. The first-order chi connectivity index (χ1) is 9.24. The van der Waals surface area contributed by atoms with Crippen molar-refractivity contribution in [3.05, 3.63) is 40.4 Å². The van der Waals surface area contributed by atoms with Crippen LogP contribution in [0.2, 0.25) is 0 Å². The Hall–Kier alpha value is -1.20. The number of hydrogen-bond donors (Lipinski definition) is 0. The summed E-state index contributed by atoms with van der Waals surface area (Å²) in [5.41, 5.74) is 5.26. The van der Waals surface area contributed by atoms with Gasteiger partial charge >= 0.3 is 0 Å². The molecular formula is C14H14N2OS2. The number of carbonyl (C=O) groups excluding carboxylic acids is 1. The smallest absolute Gasteiger partial charge is 0.175 e. The van der Waals surface area contributed by atoms with Crippen molar-refractivity contribution < 1.29 is 4.79 Å². The Balaban J connectivity index is 1.76. The van der Waals surface area contributed by atoms with Crippen molar-refractivity contribution in [2.45, 2.75) is 35.8 Å². The SMILES string of the molecule is CC(Sc1nncs1)C(=O)c1ccc2c(c1)CCC2. The molecule has 1 unspecified atom stereocenters. The van der Waals surface area contributed by atoms with Gasteiger partial charge in [0, 0.05) is 5.56 Å². The van der Waals surface area contributed by atoms with Crippen LogP contribution < -0.4 is 0 Å². The molecule has 0 radical (unpaired) electrons. The number of hydrogen-bond acceptors (Lipinski definition) is 5. The van der Waals surface area contributed by atoms with Crippen molar-refractivity contribution in [3.63, 3.8) is 0 Å². The maximum Gasteiger partial charge on any atom is 0.175 e. The first-order valence-corrected chi connectivity index (χ1v) is 8.09. The highest BCUT2D eigenvalue weighted by molar-refractivity contribution is 8.02. The van der Waals surface area contributed by atoms with Crippen LogP contribution in [0.25, 0.3) is 0 Å². The Bertz CT molecular complexity index is 595. The second kappa shape index (κ2) is 5.43. The van der Waals surface area contributed by atoms with Crippen molar-refractivity contribution in [1.29, 1.82) is 0 Å². The summed E-state index contributed by atoms with van der Waals surface area (Å²) in [5.74, 6) is 0.176. The molecule has 1 aliphatic rings. The van der Waals surface area contributed by atoms with Crippen molar-refractivity contribution in [2.75, 3.05) is 0 Å². The van der Waals surface area contributed by atoms with Crippen molar-refractivity contribution >= 4 is 28.9 Å². The van der Waals surface area contributed by atoms with E-state index in [0.29, 0.717) is 0 Å². The molecule has 0 saturated heterocycles. The average Bonchev–Trinajstić information content (AvgIpc) is 3.07. The molecule has 5 heteroatoms. The highest BCUT2D eigenvalue weighted by Crippen LogP contribution is 2.28. The van der Waals surface area contributed by atoms with Crippen LogP contribution in [0.4, 0.5) is 0 Å². The molecule has 0 aliphatic heterocycles. The largest absolute Gasteiger partial charge is 0.293 e. The summed E-state index contributed by atoms with van der Waals surface area (Å²) in [7, 11) is 0. The molecule has 0 bridgehead atoms. The number of carbonyl (C=O) groups is 1. The molecule has 1 aromatic carbocycles. The van der Waals surface area contributed by atoms with Gasteiger partial charge in [-0.3, -0.25) is 4.79 Å². The van der Waals surface area contributed by atoms with Crippen molar-refractivity contribution in [1.82, 2.24) is 10.2 Å². The third-order valence-electron chi connectivity index (χ3n) is 3.37. The zero-order chi connectivity index (χ0) is 13.2. The average molecular weight is 290 g/mol. The zero-order valence-corrected chi connectivity index (χ0v) is 12.3. The number of aryl methyl sites for hydroxylation is 2. The molecule has 2 aromatic rings. The maximum atomic E-state index is 12.4. The predicted octanol–water partition coefficient (Wildman–Crippen LogP) is 3.39. The Morgan fingerprint density at radius 1 is 1.37 bits per heavy atom. The fraction of sp³-hybridized carbons (Fsp3) is 0.357. The van der Waals surface area contributed by atoms with E-state index in [1.54, 1.807) is 5.51 Å². The van der Waals surface area contributed by atoms with E-state index in [1.807, 2.05) is 13.0 Å². The van der Waals surface area contributed by atoms with Crippen LogP contribution in [0.15, 0.2) is 28.0 Å². The Morgan fingerprint density at radius 3 is 3.00 bits per heavy atom. The van der Waals surface area contributed by atoms with Crippen LogP contribution in [0.1, 0.15) is 34.8 Å². The van der Waals surface area contributed by atoms with Crippen LogP contribution in [0, 0.1) is 0 Å². The molecule has 3 nitrogen and oxygen atoms in total. The van der Waals surface area contributed by atoms with E-state index in [-0.39, 0.29) is 11.0 Å². The van der Waals surface area contributed by atoms with Gasteiger partial charge in [0.05, 0.1) is 5.25 Å². The Kier molecular flexibility index (Phi) is 3.66. The quantitative estimate of drug-likeness (QED) is 0.639. The highest BCUT2D eigenvalue weighted by Gasteiger charge is 2.20. The van der Waals surface area contributed by atoms with E-state index in [0.717, 1.165) is 22.7 Å². The highest BCUT2D eigenvalue weighted by atomic mass is 32.2. The number of fused-ring (bicyclic) bond motifs is 1. The van der Waals surface area contributed by atoms with E-state index < -0.39 is 0 Å². The summed E-state index contributed by atoms with van der Waals surface area (Å²) >= 11 is 2.95. The van der Waals surface area contributed by atoms with E-state index >= 15 is 0 Å². The normalized spacial score (nSPS) is 15.2. The van der Waals surface area contributed by atoms with Crippen LogP contribution >= 0.6 is 23.1 Å². The number of aromatic nitrogens is 2. The Morgan fingerprint density at radius 2 is 2.21 bits per heavy atom. The molecule has 0 amide bonds. The van der Waals surface area contributed by atoms with Gasteiger partial charge in [0.2, 0.25) is 0 Å². The minimum Gasteiger partial charge on any atom is -0.293 e. The molecule has 3 rings (SSSR count). The van der Waals surface area contributed by atoms with Crippen molar-refractivity contribution in [3.8, 4) is 0 Å². The van der Waals surface area contributed by atoms with Crippen LogP contribution in [-0.2, 0) is 12.8 Å². The molecule has 1 aromatic heterocycles. The lowest BCUT2D eigenvalue weighted by molar-refractivity contribution is 0.0994. The lowest BCUT2D eigenvalue weighted by Gasteiger charge is -2.09. The molecule has 0 saturated carbocycles. The number of thioether (sulfide) groups is 1. The van der Waals surface area contributed by atoms with Gasteiger partial charge in [0.1, 0.15) is 5.51 Å². The van der Waals surface area contributed by atoms with E-state index in [9.17, 15) is 4.79 Å². The number of nitrogens with zero attached hydrogens (tertiary/aromatic N) is 2. The van der Waals surface area contributed by atoms with Crippen LogP contribution in [-0.4, -0.2) is 21.2 Å². The fourth-order valence-corrected chi connectivity index (χ4v) is 4.08. The molecule has 0 fully saturated rings. The lowest BCUT2D eigenvalue weighted by atomic mass is 10.0. The fourth-order valence-electron chi connectivity index (χ4n) is 2.38. The summed E-state index contributed by atoms with van der Waals surface area (Å²) in [6.45, 7) is 1.93. The monoisotopic (exact) mass is 290 g/mol. The maximum absolute atomic E-state index is 12.4. The molecule has 1 heterocycles. The summed E-state index contributed by atoms with van der Waals surface area (Å²) in [6, 6.07) is 6.14. The summed E-state index contributed by atoms with van der Waals surface area (Å²) < 4.78 is 0.849. The zero-order valence-electron chi connectivity index (χ0n) is 10.6. The van der Waals surface area contributed by atoms with Crippen molar-refractivity contribution in [2.24, 2.45) is 0 Å². The van der Waals surface area contributed by atoms with Crippen LogP contribution in [0.3, 0.4) is 0 Å². The topological polar surface area (TPSA) is 42.9 Å². The third-order valence-corrected chi connectivity index (χ3v) is 5.28. The summed E-state index contributed by atoms with van der Waals surface area (Å²) in [5, 5.41) is 7.64. The first kappa shape index (κ1) is 12.8. The minimum atomic E-state index is -0.118. The second-order valence-corrected chi connectivity index (χ2v) is 7.09. The molecular weight excluding hydrogens is 276 g/mol. The van der Waals surface area contributed by atoms with Gasteiger partial charge in [0.25, 0.3) is 0 Å². The molecule has 1 aliphatic carbocycles. The van der Waals surface area contributed by atoms with E-state index in [4.69, 9.17) is 0 Å². The number of rotatable bonds is 4. The van der Waals surface area contributed by atoms with Gasteiger partial charge in [-0.05, 0) is 43.4 Å². The second-order valence-electron chi connectivity index (χ2n) is 4.67. The van der Waals surface area contributed by atoms with Gasteiger partial charge < -0.3 is 0 Å². The molecule has 98 valence electrons. The van der Waals surface area contributed by atoms with Gasteiger partial charge in [0.15, 0.2) is 10.1 Å². The number of benzene rings is 1. The van der Waals surface area contributed by atoms with Gasteiger partial charge in [-0.1, -0.05) is 35.2 Å². The number of ketones is 1. The molecule has 1 atom stereocenters. The predicted molar refractivity (Wildman–Crippen MR) is 78.0 cm³/mol.